The normalized spacial score (nSPS) is 14.4. The van der Waals surface area contributed by atoms with E-state index in [-0.39, 0.29) is 0 Å². The SMILES string of the molecule is C=C(C)CO[Si](C)(C)O[Si](C)(C)O[Si](C)(C)O[Si](C)(C)O[Si](OC)(OC)OC. The molecule has 0 aromatic heterocycles. The second-order valence-corrected chi connectivity index (χ2v) is 25.3. The van der Waals surface area contributed by atoms with Crippen molar-refractivity contribution in [3.05, 3.63) is 12.2 Å². The Kier molecular flexibility index (Phi) is 10.9. The summed E-state index contributed by atoms with van der Waals surface area (Å²) in [4.78, 5) is 0. The lowest BCUT2D eigenvalue weighted by Gasteiger charge is -2.41. The molecule has 0 rings (SSSR count). The van der Waals surface area contributed by atoms with E-state index in [2.05, 4.69) is 6.58 Å². The third-order valence-electron chi connectivity index (χ3n) is 3.26. The molecule has 168 valence electrons. The van der Waals surface area contributed by atoms with Crippen molar-refractivity contribution in [3.8, 4) is 0 Å². The molecule has 0 aliphatic carbocycles. The minimum atomic E-state index is -3.21. The molecule has 28 heavy (non-hydrogen) atoms. The molecule has 0 aliphatic rings. The van der Waals surface area contributed by atoms with Crippen LogP contribution in [0, 0.1) is 0 Å². The van der Waals surface area contributed by atoms with E-state index >= 15 is 0 Å². The molecule has 0 N–H and O–H groups in total. The van der Waals surface area contributed by atoms with Gasteiger partial charge in [0.2, 0.25) is 0 Å². The van der Waals surface area contributed by atoms with Crippen molar-refractivity contribution >= 4 is 43.3 Å². The molecule has 0 radical (unpaired) electrons. The molecule has 0 saturated carbocycles. The predicted molar refractivity (Wildman–Crippen MR) is 122 cm³/mol. The Morgan fingerprint density at radius 1 is 0.607 bits per heavy atom. The van der Waals surface area contributed by atoms with Crippen LogP contribution in [0.25, 0.3) is 0 Å². The van der Waals surface area contributed by atoms with Crippen LogP contribution < -0.4 is 0 Å². The van der Waals surface area contributed by atoms with Crippen molar-refractivity contribution in [1.82, 2.24) is 0 Å². The lowest BCUT2D eigenvalue weighted by atomic mass is 10.4. The molecule has 0 heterocycles. The Hall–Kier alpha value is 0.504. The molecule has 0 unspecified atom stereocenters. The maximum absolute atomic E-state index is 6.43. The number of hydrogen-bond acceptors (Lipinski definition) is 8. The monoisotopic (exact) mass is 488 g/mol. The summed E-state index contributed by atoms with van der Waals surface area (Å²) in [5, 5.41) is 0. The minimum Gasteiger partial charge on any atom is -0.416 e. The zero-order valence-corrected chi connectivity index (χ0v) is 24.7. The molecular formula is C15H40O8Si5. The molecule has 0 saturated heterocycles. The van der Waals surface area contributed by atoms with Crippen molar-refractivity contribution in [3.63, 3.8) is 0 Å². The van der Waals surface area contributed by atoms with Crippen LogP contribution in [-0.4, -0.2) is 71.2 Å². The van der Waals surface area contributed by atoms with Crippen LogP contribution in [0.5, 0.6) is 0 Å². The lowest BCUT2D eigenvalue weighted by molar-refractivity contribution is 0.0404. The first-order valence-corrected chi connectivity index (χ1v) is 22.1. The van der Waals surface area contributed by atoms with Crippen LogP contribution in [0.1, 0.15) is 6.92 Å². The largest absolute Gasteiger partial charge is 0.669 e. The number of hydrogen-bond donors (Lipinski definition) is 0. The molecule has 0 aromatic carbocycles. The van der Waals surface area contributed by atoms with Crippen LogP contribution in [0.3, 0.4) is 0 Å². The molecule has 0 bridgehead atoms. The quantitative estimate of drug-likeness (QED) is 0.270. The summed E-state index contributed by atoms with van der Waals surface area (Å²) < 4.78 is 47.3. The second kappa shape index (κ2) is 10.7. The summed E-state index contributed by atoms with van der Waals surface area (Å²) in [5.74, 6) is 0. The highest BCUT2D eigenvalue weighted by Crippen LogP contribution is 2.26. The van der Waals surface area contributed by atoms with Gasteiger partial charge >= 0.3 is 43.3 Å². The topological polar surface area (TPSA) is 73.8 Å². The van der Waals surface area contributed by atoms with Gasteiger partial charge < -0.3 is 34.2 Å². The average Bonchev–Trinajstić information content (AvgIpc) is 2.47. The smallest absolute Gasteiger partial charge is 0.416 e. The highest BCUT2D eigenvalue weighted by Gasteiger charge is 2.52. The van der Waals surface area contributed by atoms with Crippen molar-refractivity contribution in [2.45, 2.75) is 59.3 Å². The van der Waals surface area contributed by atoms with Crippen molar-refractivity contribution in [2.75, 3.05) is 27.9 Å². The van der Waals surface area contributed by atoms with Crippen molar-refractivity contribution in [1.29, 1.82) is 0 Å². The zero-order valence-electron chi connectivity index (χ0n) is 19.7. The van der Waals surface area contributed by atoms with E-state index in [0.29, 0.717) is 6.61 Å². The molecule has 0 amide bonds. The Morgan fingerprint density at radius 2 is 0.929 bits per heavy atom. The molecule has 0 atom stereocenters. The summed E-state index contributed by atoms with van der Waals surface area (Å²) in [6.45, 7) is 22.2. The van der Waals surface area contributed by atoms with Gasteiger partial charge in [0, 0.05) is 21.3 Å². The van der Waals surface area contributed by atoms with E-state index in [9.17, 15) is 0 Å². The highest BCUT2D eigenvalue weighted by molar-refractivity contribution is 6.88. The summed E-state index contributed by atoms with van der Waals surface area (Å²) in [6.07, 6.45) is 0. The van der Waals surface area contributed by atoms with Crippen molar-refractivity contribution in [2.24, 2.45) is 0 Å². The number of rotatable bonds is 14. The molecule has 0 spiro atoms. The van der Waals surface area contributed by atoms with E-state index in [1.807, 2.05) is 59.3 Å². The van der Waals surface area contributed by atoms with E-state index in [0.717, 1.165) is 5.57 Å². The van der Waals surface area contributed by atoms with Gasteiger partial charge in [-0.25, -0.2) is 0 Å². The third-order valence-corrected chi connectivity index (χ3v) is 20.4. The first-order chi connectivity index (χ1) is 12.4. The van der Waals surface area contributed by atoms with E-state index < -0.39 is 43.3 Å². The van der Waals surface area contributed by atoms with Gasteiger partial charge in [-0.2, -0.15) is 0 Å². The minimum absolute atomic E-state index is 0.493. The van der Waals surface area contributed by atoms with Crippen LogP contribution in [-0.2, 0) is 34.2 Å². The molecule has 0 aliphatic heterocycles. The van der Waals surface area contributed by atoms with Gasteiger partial charge in [-0.15, -0.1) is 0 Å². The molecule has 8 nitrogen and oxygen atoms in total. The van der Waals surface area contributed by atoms with E-state index in [1.54, 1.807) is 0 Å². The fraction of sp³-hybridized carbons (Fsp3) is 0.867. The first-order valence-electron chi connectivity index (χ1n) is 9.17. The standard InChI is InChI=1S/C15H40O8Si5/c1-15(2)14-19-24(6,7)20-25(8,9)21-26(10,11)22-27(12,13)23-28(16-3,17-4)18-5/h1,14H2,2-13H3. The van der Waals surface area contributed by atoms with Gasteiger partial charge in [-0.05, 0) is 59.3 Å². The molecule has 0 fully saturated rings. The summed E-state index contributed by atoms with van der Waals surface area (Å²) >= 11 is 0. The first kappa shape index (κ1) is 28.5. The fourth-order valence-electron chi connectivity index (χ4n) is 2.84. The maximum Gasteiger partial charge on any atom is 0.669 e. The second-order valence-electron chi connectivity index (χ2n) is 8.37. The Bertz CT molecular complexity index is 500. The summed E-state index contributed by atoms with van der Waals surface area (Å²) in [7, 11) is -8.79. The van der Waals surface area contributed by atoms with Gasteiger partial charge in [-0.3, -0.25) is 0 Å². The van der Waals surface area contributed by atoms with Crippen LogP contribution in [0.15, 0.2) is 12.2 Å². The molecule has 0 aromatic rings. The maximum atomic E-state index is 6.43. The summed E-state index contributed by atoms with van der Waals surface area (Å²) in [6, 6.07) is 0. The van der Waals surface area contributed by atoms with Crippen molar-refractivity contribution < 1.29 is 34.2 Å². The van der Waals surface area contributed by atoms with Gasteiger partial charge in [0.15, 0.2) is 0 Å². The van der Waals surface area contributed by atoms with Gasteiger partial charge in [0.1, 0.15) is 0 Å². The lowest BCUT2D eigenvalue weighted by Crippen LogP contribution is -2.61. The predicted octanol–water partition coefficient (Wildman–Crippen LogP) is 3.83. The summed E-state index contributed by atoms with van der Waals surface area (Å²) in [5.41, 5.74) is 0.967. The molecule has 13 heteroatoms. The Balaban J connectivity index is 5.11. The Labute approximate surface area is 176 Å². The average molecular weight is 489 g/mol. The zero-order chi connectivity index (χ0) is 22.4. The van der Waals surface area contributed by atoms with Crippen LogP contribution in [0.2, 0.25) is 52.4 Å². The van der Waals surface area contributed by atoms with Crippen LogP contribution in [0.4, 0.5) is 0 Å². The van der Waals surface area contributed by atoms with E-state index in [1.165, 1.54) is 21.3 Å². The highest BCUT2D eigenvalue weighted by atomic mass is 28.5. The van der Waals surface area contributed by atoms with E-state index in [4.69, 9.17) is 34.2 Å². The van der Waals surface area contributed by atoms with Gasteiger partial charge in [0.25, 0.3) is 0 Å². The third kappa shape index (κ3) is 11.0. The molecular weight excluding hydrogens is 449 g/mol. The van der Waals surface area contributed by atoms with Gasteiger partial charge in [0.05, 0.1) is 6.61 Å². The fourth-order valence-corrected chi connectivity index (χ4v) is 23.4. The van der Waals surface area contributed by atoms with Crippen LogP contribution >= 0.6 is 0 Å². The Morgan fingerprint density at radius 3 is 1.25 bits per heavy atom. The van der Waals surface area contributed by atoms with Gasteiger partial charge in [-0.1, -0.05) is 12.2 Å².